The van der Waals surface area contributed by atoms with Gasteiger partial charge in [0.25, 0.3) is 0 Å². The molecule has 0 spiro atoms. The average molecular weight is 304 g/mol. The number of fused-ring (bicyclic) bond motifs is 1. The number of aryl methyl sites for hydroxylation is 1. The van der Waals surface area contributed by atoms with Crippen molar-refractivity contribution in [2.75, 3.05) is 11.1 Å². The lowest BCUT2D eigenvalue weighted by Crippen LogP contribution is -2.11. The topological polar surface area (TPSA) is 81.6 Å². The number of nitrogen functional groups attached to an aromatic ring is 1. The number of hydrogen-bond acceptors (Lipinski definition) is 5. The molecule has 3 N–H and O–H groups in total. The van der Waals surface area contributed by atoms with Gasteiger partial charge in [0.15, 0.2) is 17.3 Å². The van der Waals surface area contributed by atoms with Crippen molar-refractivity contribution >= 4 is 22.8 Å². The average Bonchev–Trinajstić information content (AvgIpc) is 2.84. The minimum atomic E-state index is -0.895. The van der Waals surface area contributed by atoms with Crippen molar-refractivity contribution in [3.05, 3.63) is 41.6 Å². The molecule has 6 nitrogen and oxygen atoms in total. The summed E-state index contributed by atoms with van der Waals surface area (Å²) in [6.07, 6.45) is 1.59. The predicted molar refractivity (Wildman–Crippen MR) is 79.1 cm³/mol. The van der Waals surface area contributed by atoms with Crippen molar-refractivity contribution in [3.8, 4) is 0 Å². The molecule has 1 atom stereocenters. The number of halogens is 2. The van der Waals surface area contributed by atoms with E-state index in [0.717, 1.165) is 12.1 Å². The van der Waals surface area contributed by atoms with Crippen LogP contribution in [-0.4, -0.2) is 19.7 Å². The van der Waals surface area contributed by atoms with Gasteiger partial charge in [0.2, 0.25) is 5.95 Å². The van der Waals surface area contributed by atoms with E-state index in [1.165, 1.54) is 6.07 Å². The normalized spacial score (nSPS) is 12.5. The van der Waals surface area contributed by atoms with Crippen molar-refractivity contribution < 1.29 is 8.78 Å². The SMILES string of the molecule is CC(Nc1nc(N)c2cnn(C)c2n1)c1ccc(F)c(F)c1. The smallest absolute Gasteiger partial charge is 0.227 e. The molecule has 3 aromatic rings. The van der Waals surface area contributed by atoms with E-state index in [1.807, 2.05) is 0 Å². The standard InChI is InChI=1S/C14H14F2N6/c1-7(8-3-4-10(15)11(16)5-8)19-14-20-12(17)9-6-18-22(2)13(9)21-14/h3-7H,1-2H3,(H3,17,19,20,21). The van der Waals surface area contributed by atoms with Crippen LogP contribution >= 0.6 is 0 Å². The predicted octanol–water partition coefficient (Wildman–Crippen LogP) is 2.40. The van der Waals surface area contributed by atoms with E-state index in [4.69, 9.17) is 5.73 Å². The third kappa shape index (κ3) is 2.43. The van der Waals surface area contributed by atoms with Gasteiger partial charge in [-0.25, -0.2) is 8.78 Å². The third-order valence-corrected chi connectivity index (χ3v) is 3.41. The monoisotopic (exact) mass is 304 g/mol. The van der Waals surface area contributed by atoms with E-state index < -0.39 is 11.6 Å². The van der Waals surface area contributed by atoms with Crippen LogP contribution in [0, 0.1) is 11.6 Å². The van der Waals surface area contributed by atoms with Crippen LogP contribution in [-0.2, 0) is 7.05 Å². The second-order valence-corrected chi connectivity index (χ2v) is 4.98. The van der Waals surface area contributed by atoms with Gasteiger partial charge < -0.3 is 11.1 Å². The molecule has 0 saturated carbocycles. The van der Waals surface area contributed by atoms with E-state index in [1.54, 1.807) is 24.9 Å². The molecule has 0 radical (unpaired) electrons. The van der Waals surface area contributed by atoms with Crippen molar-refractivity contribution in [2.45, 2.75) is 13.0 Å². The number of nitrogens with two attached hydrogens (primary N) is 1. The summed E-state index contributed by atoms with van der Waals surface area (Å²) < 4.78 is 27.9. The molecule has 0 aliphatic rings. The Hall–Kier alpha value is -2.77. The Morgan fingerprint density at radius 2 is 2.00 bits per heavy atom. The number of rotatable bonds is 3. The molecule has 114 valence electrons. The highest BCUT2D eigenvalue weighted by atomic mass is 19.2. The maximum Gasteiger partial charge on any atom is 0.227 e. The summed E-state index contributed by atoms with van der Waals surface area (Å²) in [5.41, 5.74) is 7.04. The van der Waals surface area contributed by atoms with Crippen molar-refractivity contribution in [3.63, 3.8) is 0 Å². The number of hydrogen-bond donors (Lipinski definition) is 2. The Labute approximate surface area is 125 Å². The quantitative estimate of drug-likeness (QED) is 0.776. The molecule has 0 saturated heterocycles. The fraction of sp³-hybridized carbons (Fsp3) is 0.214. The summed E-state index contributed by atoms with van der Waals surface area (Å²) in [5.74, 6) is -1.18. The van der Waals surface area contributed by atoms with Crippen molar-refractivity contribution in [2.24, 2.45) is 7.05 Å². The van der Waals surface area contributed by atoms with E-state index in [9.17, 15) is 8.78 Å². The molecular formula is C14H14F2N6. The van der Waals surface area contributed by atoms with Crippen LogP contribution in [0.4, 0.5) is 20.5 Å². The maximum atomic E-state index is 13.3. The second-order valence-electron chi connectivity index (χ2n) is 4.98. The number of anilines is 2. The van der Waals surface area contributed by atoms with E-state index in [-0.39, 0.29) is 6.04 Å². The molecule has 0 bridgehead atoms. The number of benzene rings is 1. The second kappa shape index (κ2) is 5.21. The lowest BCUT2D eigenvalue weighted by molar-refractivity contribution is 0.506. The zero-order chi connectivity index (χ0) is 15.9. The molecular weight excluding hydrogens is 290 g/mol. The maximum absolute atomic E-state index is 13.3. The molecule has 3 rings (SSSR count). The van der Waals surface area contributed by atoms with Gasteiger partial charge in [-0.3, -0.25) is 4.68 Å². The van der Waals surface area contributed by atoms with Crippen LogP contribution in [0.5, 0.6) is 0 Å². The molecule has 0 aliphatic heterocycles. The number of aromatic nitrogens is 4. The fourth-order valence-electron chi connectivity index (χ4n) is 2.17. The zero-order valence-electron chi connectivity index (χ0n) is 12.0. The molecule has 22 heavy (non-hydrogen) atoms. The zero-order valence-corrected chi connectivity index (χ0v) is 12.0. The molecule has 2 aromatic heterocycles. The number of nitrogens with one attached hydrogen (secondary N) is 1. The Morgan fingerprint density at radius 1 is 1.23 bits per heavy atom. The fourth-order valence-corrected chi connectivity index (χ4v) is 2.17. The molecule has 1 unspecified atom stereocenters. The summed E-state index contributed by atoms with van der Waals surface area (Å²) in [6, 6.07) is 3.41. The van der Waals surface area contributed by atoms with Gasteiger partial charge in [-0.15, -0.1) is 0 Å². The summed E-state index contributed by atoms with van der Waals surface area (Å²) >= 11 is 0. The highest BCUT2D eigenvalue weighted by Crippen LogP contribution is 2.22. The first-order valence-electron chi connectivity index (χ1n) is 6.62. The van der Waals surface area contributed by atoms with Crippen LogP contribution in [0.15, 0.2) is 24.4 Å². The minimum absolute atomic E-state index is 0.297. The van der Waals surface area contributed by atoms with Gasteiger partial charge in [0.05, 0.1) is 17.6 Å². The highest BCUT2D eigenvalue weighted by Gasteiger charge is 2.13. The molecule has 0 fully saturated rings. The van der Waals surface area contributed by atoms with Crippen molar-refractivity contribution in [1.82, 2.24) is 19.7 Å². The van der Waals surface area contributed by atoms with Gasteiger partial charge in [0.1, 0.15) is 5.82 Å². The molecule has 0 aliphatic carbocycles. The number of nitrogens with zero attached hydrogens (tertiary/aromatic N) is 4. The first-order valence-corrected chi connectivity index (χ1v) is 6.62. The largest absolute Gasteiger partial charge is 0.383 e. The molecule has 0 amide bonds. The van der Waals surface area contributed by atoms with Crippen molar-refractivity contribution in [1.29, 1.82) is 0 Å². The molecule has 1 aromatic carbocycles. The Morgan fingerprint density at radius 3 is 2.73 bits per heavy atom. The van der Waals surface area contributed by atoms with Gasteiger partial charge in [-0.2, -0.15) is 15.1 Å². The molecule has 8 heteroatoms. The summed E-state index contributed by atoms with van der Waals surface area (Å²) in [6.45, 7) is 1.79. The van der Waals surface area contributed by atoms with E-state index in [0.29, 0.717) is 28.4 Å². The summed E-state index contributed by atoms with van der Waals surface area (Å²) in [4.78, 5) is 8.49. The summed E-state index contributed by atoms with van der Waals surface area (Å²) in [5, 5.41) is 7.75. The van der Waals surface area contributed by atoms with E-state index >= 15 is 0 Å². The van der Waals surface area contributed by atoms with Crippen LogP contribution in [0.2, 0.25) is 0 Å². The Bertz CT molecular complexity index is 845. The lowest BCUT2D eigenvalue weighted by Gasteiger charge is -2.15. The van der Waals surface area contributed by atoms with E-state index in [2.05, 4.69) is 20.4 Å². The minimum Gasteiger partial charge on any atom is -0.383 e. The van der Waals surface area contributed by atoms with Gasteiger partial charge in [-0.1, -0.05) is 6.07 Å². The van der Waals surface area contributed by atoms with Crippen LogP contribution in [0.3, 0.4) is 0 Å². The van der Waals surface area contributed by atoms with Crippen LogP contribution < -0.4 is 11.1 Å². The van der Waals surface area contributed by atoms with Gasteiger partial charge in [-0.05, 0) is 24.6 Å². The first kappa shape index (κ1) is 14.2. The lowest BCUT2D eigenvalue weighted by atomic mass is 10.1. The first-order chi connectivity index (χ1) is 10.5. The molecule has 2 heterocycles. The van der Waals surface area contributed by atoms with Gasteiger partial charge in [0, 0.05) is 7.05 Å². The van der Waals surface area contributed by atoms with Gasteiger partial charge >= 0.3 is 0 Å². The summed E-state index contributed by atoms with van der Waals surface area (Å²) in [7, 11) is 1.75. The highest BCUT2D eigenvalue weighted by molar-refractivity contribution is 5.86. The third-order valence-electron chi connectivity index (χ3n) is 3.41. The van der Waals surface area contributed by atoms with Crippen LogP contribution in [0.1, 0.15) is 18.5 Å². The Kier molecular flexibility index (Phi) is 3.36. The Balaban J connectivity index is 1.91. The van der Waals surface area contributed by atoms with Crippen LogP contribution in [0.25, 0.3) is 11.0 Å².